The molecule has 1 amide bonds. The number of anilines is 1. The first kappa shape index (κ1) is 16.8. The minimum Gasteiger partial charge on any atom is -0.370 e. The van der Waals surface area contributed by atoms with Gasteiger partial charge in [0.1, 0.15) is 5.82 Å². The lowest BCUT2D eigenvalue weighted by atomic mass is 10.1. The van der Waals surface area contributed by atoms with E-state index in [4.69, 9.17) is 0 Å². The number of hydrogen-bond acceptors (Lipinski definition) is 4. The van der Waals surface area contributed by atoms with Crippen molar-refractivity contribution in [3.05, 3.63) is 23.9 Å². The summed E-state index contributed by atoms with van der Waals surface area (Å²) in [6.07, 6.45) is 5.82. The third-order valence-electron chi connectivity index (χ3n) is 3.28. The van der Waals surface area contributed by atoms with Crippen molar-refractivity contribution in [2.45, 2.75) is 32.7 Å². The van der Waals surface area contributed by atoms with E-state index >= 15 is 0 Å². The monoisotopic (exact) mass is 295 g/mol. The summed E-state index contributed by atoms with van der Waals surface area (Å²) < 4.78 is 0. The molecule has 1 heterocycles. The van der Waals surface area contributed by atoms with E-state index in [2.05, 4.69) is 30.4 Å². The van der Waals surface area contributed by atoms with Crippen LogP contribution in [0.2, 0.25) is 0 Å². The molecule has 0 fully saturated rings. The molecule has 0 spiro atoms. The van der Waals surface area contributed by atoms with Gasteiger partial charge in [-0.25, -0.2) is 4.98 Å². The van der Waals surface area contributed by atoms with Crippen molar-refractivity contribution in [1.29, 1.82) is 0 Å². The average molecular weight is 295 g/mol. The molecular weight excluding hydrogens is 270 g/mol. The second-order valence-electron chi connectivity index (χ2n) is 4.90. The van der Waals surface area contributed by atoms with E-state index in [0.29, 0.717) is 5.56 Å². The number of thioether (sulfide) groups is 1. The SMILES string of the molecule is CCCNc1cc(C(=O)N(C)C(C)CCSC)ccn1. The number of pyridine rings is 1. The molecule has 0 radical (unpaired) electrons. The average Bonchev–Trinajstić information content (AvgIpc) is 2.49. The molecule has 0 bridgehead atoms. The van der Waals surface area contributed by atoms with Gasteiger partial charge in [0.25, 0.3) is 5.91 Å². The third-order valence-corrected chi connectivity index (χ3v) is 3.93. The molecule has 0 aliphatic rings. The van der Waals surface area contributed by atoms with Crippen LogP contribution in [0.1, 0.15) is 37.0 Å². The van der Waals surface area contributed by atoms with Crippen LogP contribution >= 0.6 is 11.8 Å². The van der Waals surface area contributed by atoms with Crippen molar-refractivity contribution < 1.29 is 4.79 Å². The summed E-state index contributed by atoms with van der Waals surface area (Å²) in [6.45, 7) is 5.05. The highest BCUT2D eigenvalue weighted by molar-refractivity contribution is 7.98. The van der Waals surface area contributed by atoms with Gasteiger partial charge in [0.2, 0.25) is 0 Å². The van der Waals surface area contributed by atoms with Crippen LogP contribution in [0.5, 0.6) is 0 Å². The van der Waals surface area contributed by atoms with Crippen LogP contribution in [0.15, 0.2) is 18.3 Å². The Kier molecular flexibility index (Phi) is 7.44. The molecule has 1 N–H and O–H groups in total. The predicted octanol–water partition coefficient (Wildman–Crippen LogP) is 3.12. The van der Waals surface area contributed by atoms with E-state index in [1.165, 1.54) is 0 Å². The zero-order valence-corrected chi connectivity index (χ0v) is 13.7. The maximum atomic E-state index is 12.4. The van der Waals surface area contributed by atoms with Crippen molar-refractivity contribution in [3.63, 3.8) is 0 Å². The summed E-state index contributed by atoms with van der Waals surface area (Å²) in [5.74, 6) is 1.89. The Morgan fingerprint density at radius 2 is 2.30 bits per heavy atom. The molecule has 0 aromatic carbocycles. The van der Waals surface area contributed by atoms with E-state index < -0.39 is 0 Å². The molecule has 1 aromatic heterocycles. The number of nitrogens with one attached hydrogen (secondary N) is 1. The minimum atomic E-state index is 0.0561. The summed E-state index contributed by atoms with van der Waals surface area (Å²) in [6, 6.07) is 3.85. The number of amides is 1. The quantitative estimate of drug-likeness (QED) is 0.800. The first-order valence-corrected chi connectivity index (χ1v) is 8.45. The van der Waals surface area contributed by atoms with Gasteiger partial charge in [-0.15, -0.1) is 0 Å². The Hall–Kier alpha value is -1.23. The van der Waals surface area contributed by atoms with E-state index in [1.54, 1.807) is 12.3 Å². The molecule has 5 heteroatoms. The molecule has 1 unspecified atom stereocenters. The molecule has 1 rings (SSSR count). The largest absolute Gasteiger partial charge is 0.370 e. The van der Waals surface area contributed by atoms with Gasteiger partial charge in [0.05, 0.1) is 0 Å². The molecule has 1 atom stereocenters. The van der Waals surface area contributed by atoms with Crippen molar-refractivity contribution in [2.24, 2.45) is 0 Å². The summed E-state index contributed by atoms with van der Waals surface area (Å²) >= 11 is 1.81. The van der Waals surface area contributed by atoms with Crippen LogP contribution in [0.3, 0.4) is 0 Å². The maximum absolute atomic E-state index is 12.4. The number of rotatable bonds is 8. The highest BCUT2D eigenvalue weighted by Crippen LogP contribution is 2.13. The molecule has 0 saturated heterocycles. The number of carbonyl (C=O) groups is 1. The van der Waals surface area contributed by atoms with Gasteiger partial charge in [-0.1, -0.05) is 6.92 Å². The second kappa shape index (κ2) is 8.84. The molecule has 112 valence electrons. The Labute approximate surface area is 126 Å². The van der Waals surface area contributed by atoms with Crippen LogP contribution in [0.25, 0.3) is 0 Å². The molecule has 20 heavy (non-hydrogen) atoms. The van der Waals surface area contributed by atoms with Crippen LogP contribution in [-0.2, 0) is 0 Å². The lowest BCUT2D eigenvalue weighted by Crippen LogP contribution is -2.35. The molecule has 1 aromatic rings. The summed E-state index contributed by atoms with van der Waals surface area (Å²) in [5, 5.41) is 3.21. The molecule has 0 saturated carbocycles. The van der Waals surface area contributed by atoms with Gasteiger partial charge in [-0.3, -0.25) is 4.79 Å². The molecule has 4 nitrogen and oxygen atoms in total. The zero-order chi connectivity index (χ0) is 15.0. The highest BCUT2D eigenvalue weighted by Gasteiger charge is 2.17. The maximum Gasteiger partial charge on any atom is 0.254 e. The number of aromatic nitrogens is 1. The summed E-state index contributed by atoms with van der Waals surface area (Å²) in [5.41, 5.74) is 0.692. The van der Waals surface area contributed by atoms with Gasteiger partial charge in [0, 0.05) is 31.4 Å². The molecular formula is C15H25N3OS. The van der Waals surface area contributed by atoms with E-state index in [0.717, 1.165) is 31.0 Å². The van der Waals surface area contributed by atoms with Crippen molar-refractivity contribution in [3.8, 4) is 0 Å². The van der Waals surface area contributed by atoms with E-state index in [9.17, 15) is 4.79 Å². The second-order valence-corrected chi connectivity index (χ2v) is 5.89. The Morgan fingerprint density at radius 3 is 2.95 bits per heavy atom. The molecule has 0 aliphatic carbocycles. The number of nitrogens with zero attached hydrogens (tertiary/aromatic N) is 2. The Morgan fingerprint density at radius 1 is 1.55 bits per heavy atom. The van der Waals surface area contributed by atoms with Gasteiger partial charge in [0.15, 0.2) is 0 Å². The van der Waals surface area contributed by atoms with Gasteiger partial charge < -0.3 is 10.2 Å². The normalized spacial score (nSPS) is 12.0. The fraction of sp³-hybridized carbons (Fsp3) is 0.600. The lowest BCUT2D eigenvalue weighted by molar-refractivity contribution is 0.0741. The summed E-state index contributed by atoms with van der Waals surface area (Å²) in [7, 11) is 1.87. The van der Waals surface area contributed by atoms with Crippen LogP contribution in [0.4, 0.5) is 5.82 Å². The smallest absolute Gasteiger partial charge is 0.254 e. The van der Waals surface area contributed by atoms with Crippen LogP contribution in [-0.4, -0.2) is 47.4 Å². The fourth-order valence-corrected chi connectivity index (χ4v) is 2.38. The van der Waals surface area contributed by atoms with Gasteiger partial charge in [-0.2, -0.15) is 11.8 Å². The van der Waals surface area contributed by atoms with E-state index in [1.807, 2.05) is 29.8 Å². The summed E-state index contributed by atoms with van der Waals surface area (Å²) in [4.78, 5) is 18.5. The lowest BCUT2D eigenvalue weighted by Gasteiger charge is -2.25. The predicted molar refractivity (Wildman–Crippen MR) is 87.6 cm³/mol. The fourth-order valence-electron chi connectivity index (χ4n) is 1.80. The third kappa shape index (κ3) is 5.04. The Balaban J connectivity index is 2.70. The van der Waals surface area contributed by atoms with E-state index in [-0.39, 0.29) is 11.9 Å². The first-order chi connectivity index (χ1) is 9.60. The number of carbonyl (C=O) groups excluding carboxylic acids is 1. The van der Waals surface area contributed by atoms with Crippen LogP contribution in [0, 0.1) is 0 Å². The zero-order valence-electron chi connectivity index (χ0n) is 12.8. The van der Waals surface area contributed by atoms with Gasteiger partial charge in [-0.05, 0) is 43.9 Å². The van der Waals surface area contributed by atoms with Crippen molar-refractivity contribution in [2.75, 3.05) is 30.9 Å². The standard InChI is InChI=1S/C15H25N3OS/c1-5-8-16-14-11-13(6-9-17-14)15(19)18(3)12(2)7-10-20-4/h6,9,11-12H,5,7-8,10H2,1-4H3,(H,16,17). The first-order valence-electron chi connectivity index (χ1n) is 7.06. The Bertz CT molecular complexity index is 425. The molecule has 0 aliphatic heterocycles. The highest BCUT2D eigenvalue weighted by atomic mass is 32.2. The number of hydrogen-bond donors (Lipinski definition) is 1. The topological polar surface area (TPSA) is 45.2 Å². The van der Waals surface area contributed by atoms with Crippen molar-refractivity contribution >= 4 is 23.5 Å². The van der Waals surface area contributed by atoms with Gasteiger partial charge >= 0.3 is 0 Å². The minimum absolute atomic E-state index is 0.0561. The van der Waals surface area contributed by atoms with Crippen LogP contribution < -0.4 is 5.32 Å². The van der Waals surface area contributed by atoms with Crippen molar-refractivity contribution in [1.82, 2.24) is 9.88 Å².